The number of amides is 1. The van der Waals surface area contributed by atoms with Crippen LogP contribution in [0, 0.1) is 5.92 Å². The van der Waals surface area contributed by atoms with Gasteiger partial charge >= 0.3 is 0 Å². The Labute approximate surface area is 149 Å². The average molecular weight is 345 g/mol. The van der Waals surface area contributed by atoms with Crippen molar-refractivity contribution in [2.75, 3.05) is 13.2 Å². The van der Waals surface area contributed by atoms with E-state index >= 15 is 0 Å². The topological polar surface area (TPSA) is 71.7 Å². The predicted molar refractivity (Wildman–Crippen MR) is 96.5 cm³/mol. The number of ether oxygens (including phenoxy) is 1. The largest absolute Gasteiger partial charge is 0.493 e. The number of rotatable bonds is 8. The Morgan fingerprint density at radius 2 is 1.92 bits per heavy atom. The Balaban J connectivity index is 1.95. The van der Waals surface area contributed by atoms with E-state index in [0.29, 0.717) is 18.3 Å². The second-order valence-electron chi connectivity index (χ2n) is 7.10. The minimum absolute atomic E-state index is 0.103. The van der Waals surface area contributed by atoms with Crippen LogP contribution in [0.3, 0.4) is 0 Å². The van der Waals surface area contributed by atoms with Gasteiger partial charge in [0, 0.05) is 0 Å². The van der Waals surface area contributed by atoms with Crippen LogP contribution in [0.2, 0.25) is 0 Å². The van der Waals surface area contributed by atoms with Crippen molar-refractivity contribution in [1.29, 1.82) is 0 Å². The maximum Gasteiger partial charge on any atom is 0.230 e. The third-order valence-electron chi connectivity index (χ3n) is 4.05. The summed E-state index contributed by atoms with van der Waals surface area (Å²) < 4.78 is 10.8. The summed E-state index contributed by atoms with van der Waals surface area (Å²) in [6.07, 6.45) is 0.634. The molecule has 1 heterocycles. The van der Waals surface area contributed by atoms with Gasteiger partial charge in [0.25, 0.3) is 0 Å². The van der Waals surface area contributed by atoms with E-state index < -0.39 is 11.5 Å². The first-order valence-electron chi connectivity index (χ1n) is 8.54. The molecule has 0 spiro atoms. The van der Waals surface area contributed by atoms with Gasteiger partial charge in [-0.2, -0.15) is 0 Å². The third kappa shape index (κ3) is 5.10. The van der Waals surface area contributed by atoms with E-state index in [2.05, 4.69) is 19.2 Å². The highest BCUT2D eigenvalue weighted by atomic mass is 16.5. The molecule has 5 heteroatoms. The molecular formula is C20H27NO4. The molecule has 1 aromatic heterocycles. The molecule has 5 nitrogen and oxygen atoms in total. The van der Waals surface area contributed by atoms with Gasteiger partial charge in [0.2, 0.25) is 5.91 Å². The first kappa shape index (κ1) is 19.1. The van der Waals surface area contributed by atoms with Crippen molar-refractivity contribution in [3.63, 3.8) is 0 Å². The summed E-state index contributed by atoms with van der Waals surface area (Å²) in [5.41, 5.74) is 0.161. The summed E-state index contributed by atoms with van der Waals surface area (Å²) in [6.45, 7) is 8.66. The Bertz CT molecular complexity index is 660. The molecule has 1 aromatic carbocycles. The SMILES string of the molecule is CC(C)COc1ccc(C(C)(C)C(=O)NCC(O)c2ccco2)cc1. The first-order chi connectivity index (χ1) is 11.8. The number of benzene rings is 1. The molecular weight excluding hydrogens is 318 g/mol. The lowest BCUT2D eigenvalue weighted by molar-refractivity contribution is -0.126. The molecule has 2 rings (SSSR count). The number of nitrogens with one attached hydrogen (secondary N) is 1. The van der Waals surface area contributed by atoms with Gasteiger partial charge in [0.1, 0.15) is 17.6 Å². The van der Waals surface area contributed by atoms with Gasteiger partial charge in [-0.05, 0) is 49.6 Å². The van der Waals surface area contributed by atoms with E-state index in [1.165, 1.54) is 6.26 Å². The highest BCUT2D eigenvalue weighted by molar-refractivity contribution is 5.87. The van der Waals surface area contributed by atoms with Gasteiger partial charge in [-0.3, -0.25) is 4.79 Å². The Morgan fingerprint density at radius 3 is 2.48 bits per heavy atom. The van der Waals surface area contributed by atoms with Crippen molar-refractivity contribution in [2.24, 2.45) is 5.92 Å². The fraction of sp³-hybridized carbons (Fsp3) is 0.450. The van der Waals surface area contributed by atoms with Crippen molar-refractivity contribution < 1.29 is 19.1 Å². The lowest BCUT2D eigenvalue weighted by Gasteiger charge is -2.25. The van der Waals surface area contributed by atoms with E-state index in [9.17, 15) is 9.90 Å². The molecule has 0 aliphatic rings. The van der Waals surface area contributed by atoms with Crippen LogP contribution in [-0.4, -0.2) is 24.2 Å². The molecule has 0 bridgehead atoms. The van der Waals surface area contributed by atoms with Crippen LogP contribution in [-0.2, 0) is 10.2 Å². The molecule has 0 saturated heterocycles. The Morgan fingerprint density at radius 1 is 1.24 bits per heavy atom. The molecule has 0 fully saturated rings. The van der Waals surface area contributed by atoms with Crippen molar-refractivity contribution in [3.05, 3.63) is 54.0 Å². The number of aliphatic hydroxyl groups is 1. The molecule has 0 aliphatic carbocycles. The zero-order valence-electron chi connectivity index (χ0n) is 15.3. The van der Waals surface area contributed by atoms with Crippen molar-refractivity contribution in [1.82, 2.24) is 5.32 Å². The Kier molecular flexibility index (Phi) is 6.26. The number of furan rings is 1. The van der Waals surface area contributed by atoms with Crippen LogP contribution in [0.1, 0.15) is 45.1 Å². The highest BCUT2D eigenvalue weighted by Gasteiger charge is 2.30. The number of aliphatic hydroxyl groups excluding tert-OH is 1. The number of hydrogen-bond acceptors (Lipinski definition) is 4. The van der Waals surface area contributed by atoms with E-state index in [4.69, 9.17) is 9.15 Å². The van der Waals surface area contributed by atoms with Gasteiger partial charge in [-0.25, -0.2) is 0 Å². The van der Waals surface area contributed by atoms with E-state index in [0.717, 1.165) is 11.3 Å². The van der Waals surface area contributed by atoms with E-state index in [-0.39, 0.29) is 12.5 Å². The monoisotopic (exact) mass is 345 g/mol. The molecule has 136 valence electrons. The first-order valence-corrected chi connectivity index (χ1v) is 8.54. The predicted octanol–water partition coefficient (Wildman–Crippen LogP) is 3.44. The van der Waals surface area contributed by atoms with Gasteiger partial charge < -0.3 is 19.6 Å². The summed E-state index contributed by atoms with van der Waals surface area (Å²) in [5.74, 6) is 1.53. The zero-order valence-corrected chi connectivity index (χ0v) is 15.3. The van der Waals surface area contributed by atoms with Crippen molar-refractivity contribution in [3.8, 4) is 5.75 Å². The maximum atomic E-state index is 12.6. The lowest BCUT2D eigenvalue weighted by atomic mass is 9.83. The van der Waals surface area contributed by atoms with Crippen molar-refractivity contribution >= 4 is 5.91 Å². The Hall–Kier alpha value is -2.27. The van der Waals surface area contributed by atoms with Gasteiger partial charge in [0.05, 0.1) is 24.8 Å². The van der Waals surface area contributed by atoms with Gasteiger partial charge in [-0.15, -0.1) is 0 Å². The minimum Gasteiger partial charge on any atom is -0.493 e. The van der Waals surface area contributed by atoms with Crippen LogP contribution in [0.15, 0.2) is 47.1 Å². The van der Waals surface area contributed by atoms with Crippen LogP contribution in [0.4, 0.5) is 0 Å². The molecule has 1 atom stereocenters. The van der Waals surface area contributed by atoms with E-state index in [1.807, 2.05) is 38.1 Å². The van der Waals surface area contributed by atoms with Crippen LogP contribution >= 0.6 is 0 Å². The number of carbonyl (C=O) groups is 1. The fourth-order valence-electron chi connectivity index (χ4n) is 2.35. The zero-order chi connectivity index (χ0) is 18.4. The molecule has 1 amide bonds. The molecule has 0 radical (unpaired) electrons. The number of carbonyl (C=O) groups excluding carboxylic acids is 1. The average Bonchev–Trinajstić information content (AvgIpc) is 3.12. The van der Waals surface area contributed by atoms with Crippen LogP contribution in [0.5, 0.6) is 5.75 Å². The second kappa shape index (κ2) is 8.21. The number of hydrogen-bond donors (Lipinski definition) is 2. The normalized spacial score (nSPS) is 12.9. The van der Waals surface area contributed by atoms with Crippen LogP contribution < -0.4 is 10.1 Å². The molecule has 25 heavy (non-hydrogen) atoms. The standard InChI is InChI=1S/C20H27NO4/c1-14(2)13-25-16-9-7-15(8-10-16)20(3,4)19(23)21-12-17(22)18-6-5-11-24-18/h5-11,14,17,22H,12-13H2,1-4H3,(H,21,23). The van der Waals surface area contributed by atoms with Gasteiger partial charge in [0.15, 0.2) is 0 Å². The summed E-state index contributed by atoms with van der Waals surface area (Å²) in [7, 11) is 0. The maximum absolute atomic E-state index is 12.6. The molecule has 1 unspecified atom stereocenters. The highest BCUT2D eigenvalue weighted by Crippen LogP contribution is 2.26. The molecule has 2 N–H and O–H groups in total. The lowest BCUT2D eigenvalue weighted by Crippen LogP contribution is -2.41. The fourth-order valence-corrected chi connectivity index (χ4v) is 2.35. The molecule has 0 saturated carbocycles. The van der Waals surface area contributed by atoms with Gasteiger partial charge in [-0.1, -0.05) is 26.0 Å². The van der Waals surface area contributed by atoms with Crippen LogP contribution in [0.25, 0.3) is 0 Å². The molecule has 0 aliphatic heterocycles. The second-order valence-corrected chi connectivity index (χ2v) is 7.10. The summed E-state index contributed by atoms with van der Waals surface area (Å²) in [5, 5.41) is 12.8. The molecule has 2 aromatic rings. The summed E-state index contributed by atoms with van der Waals surface area (Å²) in [6, 6.07) is 10.9. The van der Waals surface area contributed by atoms with E-state index in [1.54, 1.807) is 12.1 Å². The quantitative estimate of drug-likeness (QED) is 0.769. The summed E-state index contributed by atoms with van der Waals surface area (Å²) in [4.78, 5) is 12.6. The smallest absolute Gasteiger partial charge is 0.230 e. The van der Waals surface area contributed by atoms with Crippen molar-refractivity contribution in [2.45, 2.75) is 39.2 Å². The third-order valence-corrected chi connectivity index (χ3v) is 4.05. The summed E-state index contributed by atoms with van der Waals surface area (Å²) >= 11 is 0. The minimum atomic E-state index is -0.860.